The van der Waals surface area contributed by atoms with Gasteiger partial charge in [-0.2, -0.15) is 0 Å². The van der Waals surface area contributed by atoms with Crippen LogP contribution in [-0.4, -0.2) is 18.2 Å². The van der Waals surface area contributed by atoms with Crippen LogP contribution < -0.4 is 0 Å². The highest BCUT2D eigenvalue weighted by Crippen LogP contribution is 2.29. The van der Waals surface area contributed by atoms with Gasteiger partial charge in [-0.15, -0.1) is 0 Å². The van der Waals surface area contributed by atoms with Gasteiger partial charge in [0.2, 0.25) is 0 Å². The van der Waals surface area contributed by atoms with E-state index in [-0.39, 0.29) is 0 Å². The van der Waals surface area contributed by atoms with Gasteiger partial charge in [-0.05, 0) is 30.9 Å². The molecule has 1 aromatic carbocycles. The Morgan fingerprint density at radius 1 is 0.960 bits per heavy atom. The van der Waals surface area contributed by atoms with E-state index < -0.39 is 11.6 Å². The van der Waals surface area contributed by atoms with Crippen molar-refractivity contribution >= 4 is 5.97 Å². The molecule has 1 unspecified atom stereocenters. The number of aryl methyl sites for hydroxylation is 1. The number of unbranched alkanes of at least 4 members (excludes halogenated alkanes) is 9. The summed E-state index contributed by atoms with van der Waals surface area (Å²) in [4.78, 5) is 11.6. The second-order valence-electron chi connectivity index (χ2n) is 7.13. The Hall–Kier alpha value is -1.35. The average Bonchev–Trinajstić information content (AvgIpc) is 2.62. The summed E-state index contributed by atoms with van der Waals surface area (Å²) in [6, 6.07) is 7.77. The smallest absolute Gasteiger partial charge is 0.340 e. The van der Waals surface area contributed by atoms with E-state index in [0.717, 1.165) is 24.0 Å². The largest absolute Gasteiger partial charge is 0.479 e. The SMILES string of the molecule is CCCCCCCCCCCCc1ccccc1C(C)(OC)C(=O)O. The van der Waals surface area contributed by atoms with Crippen LogP contribution in [0.5, 0.6) is 0 Å². The summed E-state index contributed by atoms with van der Waals surface area (Å²) in [5.41, 5.74) is 0.601. The predicted molar refractivity (Wildman–Crippen MR) is 104 cm³/mol. The first-order valence-corrected chi connectivity index (χ1v) is 9.93. The van der Waals surface area contributed by atoms with Gasteiger partial charge in [0.25, 0.3) is 0 Å². The Bertz CT molecular complexity index is 498. The first kappa shape index (κ1) is 21.7. The molecule has 0 bridgehead atoms. The highest BCUT2D eigenvalue weighted by Gasteiger charge is 2.36. The molecule has 1 aromatic rings. The fraction of sp³-hybridized carbons (Fsp3) is 0.682. The molecule has 0 amide bonds. The Morgan fingerprint density at radius 3 is 2.00 bits per heavy atom. The number of hydrogen-bond acceptors (Lipinski definition) is 2. The van der Waals surface area contributed by atoms with Crippen LogP contribution in [0.2, 0.25) is 0 Å². The van der Waals surface area contributed by atoms with Gasteiger partial charge < -0.3 is 9.84 Å². The molecule has 1 N–H and O–H groups in total. The van der Waals surface area contributed by atoms with Crippen molar-refractivity contribution in [1.82, 2.24) is 0 Å². The molecule has 1 rings (SSSR count). The summed E-state index contributed by atoms with van der Waals surface area (Å²) in [5.74, 6) is -0.939. The molecular formula is C22H36O3. The van der Waals surface area contributed by atoms with Gasteiger partial charge in [0.1, 0.15) is 0 Å². The second kappa shape index (κ2) is 12.1. The maximum atomic E-state index is 11.6. The number of rotatable bonds is 14. The van der Waals surface area contributed by atoms with Crippen LogP contribution in [0.1, 0.15) is 89.2 Å². The van der Waals surface area contributed by atoms with Crippen LogP contribution in [-0.2, 0) is 21.6 Å². The lowest BCUT2D eigenvalue weighted by Crippen LogP contribution is -2.35. The summed E-state index contributed by atoms with van der Waals surface area (Å²) < 4.78 is 5.33. The van der Waals surface area contributed by atoms with Crippen LogP contribution >= 0.6 is 0 Å². The molecule has 142 valence electrons. The Balaban J connectivity index is 2.35. The van der Waals surface area contributed by atoms with Gasteiger partial charge in [0.15, 0.2) is 5.60 Å². The van der Waals surface area contributed by atoms with Gasteiger partial charge in [0.05, 0.1) is 0 Å². The molecule has 3 heteroatoms. The third kappa shape index (κ3) is 7.19. The van der Waals surface area contributed by atoms with E-state index in [1.807, 2.05) is 24.3 Å². The highest BCUT2D eigenvalue weighted by molar-refractivity contribution is 5.79. The van der Waals surface area contributed by atoms with Crippen molar-refractivity contribution in [2.24, 2.45) is 0 Å². The number of carbonyl (C=O) groups is 1. The van der Waals surface area contributed by atoms with E-state index in [1.165, 1.54) is 64.9 Å². The van der Waals surface area contributed by atoms with E-state index in [4.69, 9.17) is 4.74 Å². The number of methoxy groups -OCH3 is 1. The van der Waals surface area contributed by atoms with Crippen molar-refractivity contribution in [3.8, 4) is 0 Å². The first-order chi connectivity index (χ1) is 12.1. The number of carboxylic acid groups (broad SMARTS) is 1. The second-order valence-corrected chi connectivity index (χ2v) is 7.13. The van der Waals surface area contributed by atoms with Gasteiger partial charge in [-0.25, -0.2) is 4.79 Å². The molecule has 1 atom stereocenters. The zero-order valence-corrected chi connectivity index (χ0v) is 16.4. The maximum Gasteiger partial charge on any atom is 0.340 e. The van der Waals surface area contributed by atoms with Gasteiger partial charge >= 0.3 is 5.97 Å². The molecular weight excluding hydrogens is 312 g/mol. The van der Waals surface area contributed by atoms with E-state index >= 15 is 0 Å². The number of ether oxygens (including phenoxy) is 1. The van der Waals surface area contributed by atoms with Gasteiger partial charge in [-0.3, -0.25) is 0 Å². The zero-order chi connectivity index (χ0) is 18.5. The fourth-order valence-electron chi connectivity index (χ4n) is 3.32. The number of aliphatic carboxylic acids is 1. The minimum absolute atomic E-state index is 0.779. The minimum atomic E-state index is -1.27. The van der Waals surface area contributed by atoms with Crippen LogP contribution in [0.4, 0.5) is 0 Å². The molecule has 0 aliphatic carbocycles. The van der Waals surface area contributed by atoms with E-state index in [0.29, 0.717) is 0 Å². The van der Waals surface area contributed by atoms with E-state index in [1.54, 1.807) is 6.92 Å². The maximum absolute atomic E-state index is 11.6. The van der Waals surface area contributed by atoms with Gasteiger partial charge in [-0.1, -0.05) is 89.0 Å². The fourth-order valence-corrected chi connectivity index (χ4v) is 3.32. The Labute approximate surface area is 153 Å². The van der Waals surface area contributed by atoms with E-state index in [2.05, 4.69) is 6.92 Å². The van der Waals surface area contributed by atoms with Gasteiger partial charge in [0, 0.05) is 7.11 Å². The molecule has 3 nitrogen and oxygen atoms in total. The molecule has 25 heavy (non-hydrogen) atoms. The molecule has 0 spiro atoms. The lowest BCUT2D eigenvalue weighted by atomic mass is 9.89. The molecule has 0 saturated heterocycles. The molecule has 0 saturated carbocycles. The van der Waals surface area contributed by atoms with Crippen molar-refractivity contribution in [3.63, 3.8) is 0 Å². The van der Waals surface area contributed by atoms with Crippen LogP contribution in [0.15, 0.2) is 24.3 Å². The molecule has 0 fully saturated rings. The summed E-state index contributed by atoms with van der Waals surface area (Å²) in [6.45, 7) is 3.89. The molecule has 0 aliphatic rings. The lowest BCUT2D eigenvalue weighted by molar-refractivity contribution is -0.161. The predicted octanol–water partition coefficient (Wildman–Crippen LogP) is 6.10. The Kier molecular flexibility index (Phi) is 10.5. The summed E-state index contributed by atoms with van der Waals surface area (Å²) in [6.07, 6.45) is 14.0. The monoisotopic (exact) mass is 348 g/mol. The van der Waals surface area contributed by atoms with Crippen molar-refractivity contribution in [3.05, 3.63) is 35.4 Å². The Morgan fingerprint density at radius 2 is 1.48 bits per heavy atom. The molecule has 0 radical (unpaired) electrons. The number of hydrogen-bond donors (Lipinski definition) is 1. The van der Waals surface area contributed by atoms with Crippen molar-refractivity contribution in [1.29, 1.82) is 0 Å². The highest BCUT2D eigenvalue weighted by atomic mass is 16.5. The summed E-state index contributed by atoms with van der Waals surface area (Å²) in [5, 5.41) is 9.53. The minimum Gasteiger partial charge on any atom is -0.479 e. The van der Waals surface area contributed by atoms with Crippen LogP contribution in [0.25, 0.3) is 0 Å². The topological polar surface area (TPSA) is 46.5 Å². The third-order valence-corrected chi connectivity index (χ3v) is 5.15. The van der Waals surface area contributed by atoms with Crippen LogP contribution in [0.3, 0.4) is 0 Å². The van der Waals surface area contributed by atoms with Crippen molar-refractivity contribution < 1.29 is 14.6 Å². The van der Waals surface area contributed by atoms with Crippen molar-refractivity contribution in [2.45, 2.75) is 90.1 Å². The quantitative estimate of drug-likeness (QED) is 0.413. The first-order valence-electron chi connectivity index (χ1n) is 9.93. The number of benzene rings is 1. The van der Waals surface area contributed by atoms with Crippen molar-refractivity contribution in [2.75, 3.05) is 7.11 Å². The van der Waals surface area contributed by atoms with Crippen LogP contribution in [0, 0.1) is 0 Å². The normalized spacial score (nSPS) is 13.6. The third-order valence-electron chi connectivity index (χ3n) is 5.15. The zero-order valence-electron chi connectivity index (χ0n) is 16.4. The average molecular weight is 349 g/mol. The lowest BCUT2D eigenvalue weighted by Gasteiger charge is -2.26. The summed E-state index contributed by atoms with van der Waals surface area (Å²) >= 11 is 0. The number of carboxylic acids is 1. The molecule has 0 heterocycles. The molecule has 0 aliphatic heterocycles. The standard InChI is InChI=1S/C22H36O3/c1-4-5-6-7-8-9-10-11-12-13-16-19-17-14-15-18-20(19)22(2,25-3)21(23)24/h14-15,17-18H,4-13,16H2,1-3H3,(H,23,24). The molecule has 0 aromatic heterocycles. The van der Waals surface area contributed by atoms with E-state index in [9.17, 15) is 9.90 Å². The summed E-state index contributed by atoms with van der Waals surface area (Å²) in [7, 11) is 1.46.